The molecule has 1 N–H and O–H groups in total. The normalized spacial score (nSPS) is 27.7. The lowest BCUT2D eigenvalue weighted by atomic mass is 10.1. The molecular formula is C17H24F3N3O. The molecular weight excluding hydrogens is 319 g/mol. The zero-order chi connectivity index (χ0) is 17.3. The Morgan fingerprint density at radius 1 is 1.08 bits per heavy atom. The molecule has 4 nitrogen and oxygen atoms in total. The van der Waals surface area contributed by atoms with E-state index in [0.717, 1.165) is 32.2 Å². The molecule has 24 heavy (non-hydrogen) atoms. The highest BCUT2D eigenvalue weighted by Crippen LogP contribution is 2.33. The molecule has 0 unspecified atom stereocenters. The highest BCUT2D eigenvalue weighted by Gasteiger charge is 2.38. The third-order valence-electron chi connectivity index (χ3n) is 5.06. The molecule has 2 aliphatic heterocycles. The van der Waals surface area contributed by atoms with Crippen LogP contribution in [0.3, 0.4) is 0 Å². The Labute approximate surface area is 140 Å². The van der Waals surface area contributed by atoms with Crippen LogP contribution in [0.15, 0.2) is 24.3 Å². The van der Waals surface area contributed by atoms with Crippen LogP contribution < -0.4 is 0 Å². The molecule has 1 aromatic carbocycles. The van der Waals surface area contributed by atoms with Gasteiger partial charge in [0.15, 0.2) is 0 Å². The third-order valence-corrected chi connectivity index (χ3v) is 5.06. The standard InChI is InChI=1S/C17H24F3N3O/c1-21-6-8-23(9-7-21)15-11-22(12-16(15)24)10-13-4-2-3-5-14(13)17(18,19)20/h2-5,15-16,24H,6-12H2,1H3/t15-,16-/m1/s1. The Morgan fingerprint density at radius 3 is 2.42 bits per heavy atom. The van der Waals surface area contributed by atoms with E-state index >= 15 is 0 Å². The summed E-state index contributed by atoms with van der Waals surface area (Å²) in [6, 6.07) is 5.71. The Bertz CT molecular complexity index is 558. The number of hydrogen-bond acceptors (Lipinski definition) is 4. The summed E-state index contributed by atoms with van der Waals surface area (Å²) in [4.78, 5) is 6.44. The van der Waals surface area contributed by atoms with Gasteiger partial charge in [-0.3, -0.25) is 9.80 Å². The smallest absolute Gasteiger partial charge is 0.390 e. The zero-order valence-corrected chi connectivity index (χ0v) is 13.8. The van der Waals surface area contributed by atoms with Crippen molar-refractivity contribution in [3.8, 4) is 0 Å². The van der Waals surface area contributed by atoms with Gasteiger partial charge in [-0.15, -0.1) is 0 Å². The lowest BCUT2D eigenvalue weighted by Gasteiger charge is -2.37. The number of nitrogens with zero attached hydrogens (tertiary/aromatic N) is 3. The SMILES string of the molecule is CN1CCN([C@@H]2CN(Cc3ccccc3C(F)(F)F)C[C@H]2O)CC1. The molecule has 0 aromatic heterocycles. The molecule has 0 amide bonds. The van der Waals surface area contributed by atoms with E-state index in [1.165, 1.54) is 12.1 Å². The Balaban J connectivity index is 1.66. The van der Waals surface area contributed by atoms with Crippen molar-refractivity contribution >= 4 is 0 Å². The van der Waals surface area contributed by atoms with E-state index in [1.54, 1.807) is 6.07 Å². The summed E-state index contributed by atoms with van der Waals surface area (Å²) in [6.45, 7) is 4.95. The molecule has 2 saturated heterocycles. The summed E-state index contributed by atoms with van der Waals surface area (Å²) in [5, 5.41) is 10.4. The minimum atomic E-state index is -4.34. The van der Waals surface area contributed by atoms with Crippen LogP contribution in [0.4, 0.5) is 13.2 Å². The number of piperazine rings is 1. The third kappa shape index (κ3) is 3.91. The molecule has 0 radical (unpaired) electrons. The molecule has 7 heteroatoms. The van der Waals surface area contributed by atoms with Crippen molar-refractivity contribution in [1.82, 2.24) is 14.7 Å². The Hall–Kier alpha value is -1.15. The number of likely N-dealkylation sites (tertiary alicyclic amines) is 1. The van der Waals surface area contributed by atoms with Gasteiger partial charge in [0, 0.05) is 51.9 Å². The molecule has 2 fully saturated rings. The Morgan fingerprint density at radius 2 is 1.75 bits per heavy atom. The number of halogens is 3. The second kappa shape index (κ2) is 7.00. The molecule has 0 aliphatic carbocycles. The number of alkyl halides is 3. The van der Waals surface area contributed by atoms with Gasteiger partial charge in [-0.05, 0) is 18.7 Å². The fraction of sp³-hybridized carbons (Fsp3) is 0.647. The average Bonchev–Trinajstić information content (AvgIpc) is 2.88. The largest absolute Gasteiger partial charge is 0.416 e. The quantitative estimate of drug-likeness (QED) is 0.901. The number of likely N-dealkylation sites (N-methyl/N-ethyl adjacent to an activating group) is 1. The van der Waals surface area contributed by atoms with Crippen molar-refractivity contribution in [2.24, 2.45) is 0 Å². The average molecular weight is 343 g/mol. The van der Waals surface area contributed by atoms with E-state index in [-0.39, 0.29) is 18.2 Å². The highest BCUT2D eigenvalue weighted by atomic mass is 19.4. The predicted molar refractivity (Wildman–Crippen MR) is 85.6 cm³/mol. The van der Waals surface area contributed by atoms with E-state index in [0.29, 0.717) is 13.1 Å². The lowest BCUT2D eigenvalue weighted by Crippen LogP contribution is -2.52. The lowest BCUT2D eigenvalue weighted by molar-refractivity contribution is -0.138. The number of aliphatic hydroxyl groups excluding tert-OH is 1. The van der Waals surface area contributed by atoms with E-state index in [1.807, 2.05) is 4.90 Å². The molecule has 134 valence electrons. The topological polar surface area (TPSA) is 30.0 Å². The van der Waals surface area contributed by atoms with Gasteiger partial charge in [0.2, 0.25) is 0 Å². The van der Waals surface area contributed by atoms with Crippen LogP contribution in [0.2, 0.25) is 0 Å². The van der Waals surface area contributed by atoms with Crippen LogP contribution >= 0.6 is 0 Å². The van der Waals surface area contributed by atoms with Crippen molar-refractivity contribution in [1.29, 1.82) is 0 Å². The molecule has 0 spiro atoms. The van der Waals surface area contributed by atoms with Crippen LogP contribution in [0.1, 0.15) is 11.1 Å². The predicted octanol–water partition coefficient (Wildman–Crippen LogP) is 1.50. The maximum Gasteiger partial charge on any atom is 0.416 e. The van der Waals surface area contributed by atoms with Crippen molar-refractivity contribution in [3.05, 3.63) is 35.4 Å². The number of β-amino-alcohol motifs (C(OH)–C–C–N with tert-alkyl or cyclic N) is 1. The summed E-state index contributed by atoms with van der Waals surface area (Å²) in [5.41, 5.74) is -0.307. The first-order valence-electron chi connectivity index (χ1n) is 8.32. The molecule has 2 heterocycles. The maximum absolute atomic E-state index is 13.1. The summed E-state index contributed by atoms with van der Waals surface area (Å²) < 4.78 is 39.4. The fourth-order valence-electron chi connectivity index (χ4n) is 3.66. The number of benzene rings is 1. The second-order valence-corrected chi connectivity index (χ2v) is 6.82. The molecule has 1 aromatic rings. The number of aliphatic hydroxyl groups is 1. The first-order valence-corrected chi connectivity index (χ1v) is 8.32. The van der Waals surface area contributed by atoms with Gasteiger partial charge in [-0.2, -0.15) is 13.2 Å². The van der Waals surface area contributed by atoms with Crippen molar-refractivity contribution in [3.63, 3.8) is 0 Å². The van der Waals surface area contributed by atoms with Crippen molar-refractivity contribution in [2.45, 2.75) is 24.9 Å². The van der Waals surface area contributed by atoms with Crippen molar-refractivity contribution in [2.75, 3.05) is 46.3 Å². The first kappa shape index (κ1) is 17.7. The van der Waals surface area contributed by atoms with Gasteiger partial charge in [0.05, 0.1) is 11.7 Å². The molecule has 3 rings (SSSR count). The van der Waals surface area contributed by atoms with Crippen LogP contribution in [0.5, 0.6) is 0 Å². The van der Waals surface area contributed by atoms with Gasteiger partial charge >= 0.3 is 6.18 Å². The first-order chi connectivity index (χ1) is 11.3. The van der Waals surface area contributed by atoms with E-state index < -0.39 is 17.8 Å². The molecule has 2 aliphatic rings. The van der Waals surface area contributed by atoms with E-state index in [4.69, 9.17) is 0 Å². The van der Waals surface area contributed by atoms with Crippen molar-refractivity contribution < 1.29 is 18.3 Å². The zero-order valence-electron chi connectivity index (χ0n) is 13.8. The highest BCUT2D eigenvalue weighted by molar-refractivity contribution is 5.29. The minimum absolute atomic E-state index is 0.0109. The molecule has 2 atom stereocenters. The monoisotopic (exact) mass is 343 g/mol. The Kier molecular flexibility index (Phi) is 5.15. The summed E-state index contributed by atoms with van der Waals surface area (Å²) in [7, 11) is 2.07. The van der Waals surface area contributed by atoms with Crippen LogP contribution in [0.25, 0.3) is 0 Å². The van der Waals surface area contributed by atoms with Gasteiger partial charge in [-0.25, -0.2) is 0 Å². The fourth-order valence-corrected chi connectivity index (χ4v) is 3.66. The molecule has 0 saturated carbocycles. The number of hydrogen-bond donors (Lipinski definition) is 1. The molecule has 0 bridgehead atoms. The second-order valence-electron chi connectivity index (χ2n) is 6.82. The van der Waals surface area contributed by atoms with Crippen LogP contribution in [-0.4, -0.2) is 78.3 Å². The summed E-state index contributed by atoms with van der Waals surface area (Å²) >= 11 is 0. The maximum atomic E-state index is 13.1. The number of rotatable bonds is 3. The van der Waals surface area contributed by atoms with Gasteiger partial charge in [0.25, 0.3) is 0 Å². The minimum Gasteiger partial charge on any atom is -0.390 e. The van der Waals surface area contributed by atoms with Gasteiger partial charge < -0.3 is 10.0 Å². The van der Waals surface area contributed by atoms with Gasteiger partial charge in [-0.1, -0.05) is 18.2 Å². The van der Waals surface area contributed by atoms with E-state index in [9.17, 15) is 18.3 Å². The summed E-state index contributed by atoms with van der Waals surface area (Å²) in [6.07, 6.45) is -4.85. The van der Waals surface area contributed by atoms with Gasteiger partial charge in [0.1, 0.15) is 0 Å². The summed E-state index contributed by atoms with van der Waals surface area (Å²) in [5.74, 6) is 0. The van der Waals surface area contributed by atoms with Crippen LogP contribution in [0, 0.1) is 0 Å². The van der Waals surface area contributed by atoms with Crippen LogP contribution in [-0.2, 0) is 12.7 Å². The van der Waals surface area contributed by atoms with E-state index in [2.05, 4.69) is 16.8 Å².